The first-order valence-electron chi connectivity index (χ1n) is 7.74. The van der Waals surface area contributed by atoms with Crippen LogP contribution in [0.3, 0.4) is 0 Å². The summed E-state index contributed by atoms with van der Waals surface area (Å²) < 4.78 is 10.1. The average Bonchev–Trinajstić information content (AvgIpc) is 2.65. The molecule has 0 aliphatic rings. The average molecular weight is 344 g/mol. The zero-order valence-electron chi connectivity index (χ0n) is 14.4. The van der Waals surface area contributed by atoms with E-state index >= 15 is 0 Å². The van der Waals surface area contributed by atoms with Gasteiger partial charge in [-0.25, -0.2) is 0 Å². The molecule has 1 amide bonds. The van der Waals surface area contributed by atoms with Crippen LogP contribution in [0.2, 0.25) is 0 Å². The number of rotatable bonds is 7. The van der Waals surface area contributed by atoms with Crippen LogP contribution >= 0.6 is 0 Å². The van der Waals surface area contributed by atoms with Crippen LogP contribution in [-0.2, 0) is 6.54 Å². The smallest absolute Gasteiger partial charge is 0.311 e. The number of carbonyl (C=O) groups excluding carboxylic acids is 1. The lowest BCUT2D eigenvalue weighted by Gasteiger charge is -2.21. The highest BCUT2D eigenvalue weighted by Crippen LogP contribution is 2.28. The van der Waals surface area contributed by atoms with Crippen LogP contribution in [0.1, 0.15) is 22.8 Å². The van der Waals surface area contributed by atoms with E-state index in [1.165, 1.54) is 25.3 Å². The molecule has 0 aliphatic heterocycles. The highest BCUT2D eigenvalue weighted by atomic mass is 16.6. The first-order chi connectivity index (χ1) is 12.0. The number of hydrogen-bond acceptors (Lipinski definition) is 5. The Bertz CT molecular complexity index is 759. The zero-order chi connectivity index (χ0) is 18.4. The second-order valence-electron chi connectivity index (χ2n) is 5.31. The van der Waals surface area contributed by atoms with Crippen molar-refractivity contribution in [3.8, 4) is 11.5 Å². The van der Waals surface area contributed by atoms with E-state index < -0.39 is 4.92 Å². The molecule has 0 heterocycles. The standard InChI is InChI=1S/C18H20N2O5/c1-4-19(12-13-5-8-15(24-2)9-6-13)18(21)14-7-10-17(25-3)16(11-14)20(22)23/h5-11H,4,12H2,1-3H3. The van der Waals surface area contributed by atoms with Crippen molar-refractivity contribution < 1.29 is 19.2 Å². The minimum atomic E-state index is -0.560. The number of amides is 1. The number of benzene rings is 2. The molecule has 0 bridgehead atoms. The summed E-state index contributed by atoms with van der Waals surface area (Å²) in [7, 11) is 2.94. The van der Waals surface area contributed by atoms with Crippen LogP contribution in [0.15, 0.2) is 42.5 Å². The lowest BCUT2D eigenvalue weighted by atomic mass is 10.1. The first-order valence-corrected chi connectivity index (χ1v) is 7.74. The lowest BCUT2D eigenvalue weighted by Crippen LogP contribution is -2.30. The predicted octanol–water partition coefficient (Wildman–Crippen LogP) is 3.27. The Morgan fingerprint density at radius 2 is 1.80 bits per heavy atom. The van der Waals surface area contributed by atoms with Crippen molar-refractivity contribution in [2.45, 2.75) is 13.5 Å². The molecule has 0 saturated carbocycles. The molecule has 0 spiro atoms. The van der Waals surface area contributed by atoms with Crippen LogP contribution in [0.25, 0.3) is 0 Å². The molecule has 0 aromatic heterocycles. The third-order valence-electron chi connectivity index (χ3n) is 3.82. The fourth-order valence-corrected chi connectivity index (χ4v) is 2.43. The summed E-state index contributed by atoms with van der Waals surface area (Å²) in [4.78, 5) is 24.9. The van der Waals surface area contributed by atoms with E-state index in [1.807, 2.05) is 31.2 Å². The number of hydrogen-bond donors (Lipinski definition) is 0. The zero-order valence-corrected chi connectivity index (χ0v) is 14.4. The Labute approximate surface area is 145 Å². The van der Waals surface area contributed by atoms with Crippen molar-refractivity contribution in [3.63, 3.8) is 0 Å². The molecule has 2 aromatic rings. The summed E-state index contributed by atoms with van der Waals surface area (Å²) in [6, 6.07) is 11.6. The van der Waals surface area contributed by atoms with Gasteiger partial charge in [0.25, 0.3) is 5.91 Å². The summed E-state index contributed by atoms with van der Waals surface area (Å²) in [6.45, 7) is 2.74. The van der Waals surface area contributed by atoms with Crippen LogP contribution in [-0.4, -0.2) is 36.5 Å². The van der Waals surface area contributed by atoms with Gasteiger partial charge in [0.05, 0.1) is 19.1 Å². The maximum absolute atomic E-state index is 12.7. The molecule has 0 atom stereocenters. The van der Waals surface area contributed by atoms with Crippen molar-refractivity contribution in [1.29, 1.82) is 0 Å². The topological polar surface area (TPSA) is 81.9 Å². The Balaban J connectivity index is 2.23. The highest BCUT2D eigenvalue weighted by Gasteiger charge is 2.21. The molecule has 2 aromatic carbocycles. The Hall–Kier alpha value is -3.09. The second-order valence-corrected chi connectivity index (χ2v) is 5.31. The van der Waals surface area contributed by atoms with Crippen molar-refractivity contribution in [3.05, 3.63) is 63.7 Å². The molecule has 25 heavy (non-hydrogen) atoms. The van der Waals surface area contributed by atoms with Gasteiger partial charge >= 0.3 is 5.69 Å². The Morgan fingerprint density at radius 3 is 2.32 bits per heavy atom. The molecular formula is C18H20N2O5. The first kappa shape index (κ1) is 18.3. The number of nitro groups is 1. The molecule has 7 heteroatoms. The minimum Gasteiger partial charge on any atom is -0.497 e. The fraction of sp³-hybridized carbons (Fsp3) is 0.278. The Kier molecular flexibility index (Phi) is 5.94. The van der Waals surface area contributed by atoms with Gasteiger partial charge in [-0.2, -0.15) is 0 Å². The lowest BCUT2D eigenvalue weighted by molar-refractivity contribution is -0.385. The number of nitro benzene ring substituents is 1. The van der Waals surface area contributed by atoms with Gasteiger partial charge in [-0.15, -0.1) is 0 Å². The third-order valence-corrected chi connectivity index (χ3v) is 3.82. The van der Waals surface area contributed by atoms with Crippen molar-refractivity contribution in [1.82, 2.24) is 4.90 Å². The van der Waals surface area contributed by atoms with E-state index in [0.29, 0.717) is 13.1 Å². The van der Waals surface area contributed by atoms with Gasteiger partial charge in [-0.3, -0.25) is 14.9 Å². The minimum absolute atomic E-state index is 0.125. The molecule has 2 rings (SSSR count). The summed E-state index contributed by atoms with van der Waals surface area (Å²) in [6.07, 6.45) is 0. The number of ether oxygens (including phenoxy) is 2. The molecular weight excluding hydrogens is 324 g/mol. The maximum Gasteiger partial charge on any atom is 0.311 e. The van der Waals surface area contributed by atoms with Crippen molar-refractivity contribution in [2.75, 3.05) is 20.8 Å². The van der Waals surface area contributed by atoms with E-state index in [9.17, 15) is 14.9 Å². The van der Waals surface area contributed by atoms with Crippen LogP contribution in [0.4, 0.5) is 5.69 Å². The van der Waals surface area contributed by atoms with E-state index in [-0.39, 0.29) is 22.9 Å². The molecule has 0 saturated heterocycles. The SMILES string of the molecule is CCN(Cc1ccc(OC)cc1)C(=O)c1ccc(OC)c([N+](=O)[O-])c1. The Morgan fingerprint density at radius 1 is 1.12 bits per heavy atom. The quantitative estimate of drug-likeness (QED) is 0.569. The van der Waals surface area contributed by atoms with Crippen LogP contribution < -0.4 is 9.47 Å². The summed E-state index contributed by atoms with van der Waals surface area (Å²) >= 11 is 0. The van der Waals surface area contributed by atoms with Gasteiger partial charge in [-0.05, 0) is 36.8 Å². The van der Waals surface area contributed by atoms with Crippen molar-refractivity contribution >= 4 is 11.6 Å². The van der Waals surface area contributed by atoms with E-state index in [2.05, 4.69) is 0 Å². The predicted molar refractivity (Wildman–Crippen MR) is 93.1 cm³/mol. The third kappa shape index (κ3) is 4.26. The largest absolute Gasteiger partial charge is 0.497 e. The van der Waals surface area contributed by atoms with E-state index in [4.69, 9.17) is 9.47 Å². The fourth-order valence-electron chi connectivity index (χ4n) is 2.43. The molecule has 7 nitrogen and oxygen atoms in total. The van der Waals surface area contributed by atoms with Crippen molar-refractivity contribution in [2.24, 2.45) is 0 Å². The molecule has 0 fully saturated rings. The summed E-state index contributed by atoms with van der Waals surface area (Å²) in [5, 5.41) is 11.1. The number of carbonyl (C=O) groups is 1. The van der Waals surface area contributed by atoms with E-state index in [0.717, 1.165) is 11.3 Å². The summed E-state index contributed by atoms with van der Waals surface area (Å²) in [5.74, 6) is 0.590. The van der Waals surface area contributed by atoms with Crippen LogP contribution in [0, 0.1) is 10.1 Å². The summed E-state index contributed by atoms with van der Waals surface area (Å²) in [5.41, 5.74) is 0.968. The molecule has 0 N–H and O–H groups in total. The van der Waals surface area contributed by atoms with Gasteiger partial charge in [0.2, 0.25) is 0 Å². The van der Waals surface area contributed by atoms with Gasteiger partial charge in [0, 0.05) is 24.7 Å². The van der Waals surface area contributed by atoms with E-state index in [1.54, 1.807) is 12.0 Å². The molecule has 0 unspecified atom stereocenters. The normalized spacial score (nSPS) is 10.2. The maximum atomic E-state index is 12.7. The van der Waals surface area contributed by atoms with Gasteiger partial charge in [0.15, 0.2) is 5.75 Å². The van der Waals surface area contributed by atoms with Gasteiger partial charge in [0.1, 0.15) is 5.75 Å². The molecule has 0 aliphatic carbocycles. The number of methoxy groups -OCH3 is 2. The molecule has 0 radical (unpaired) electrons. The molecule has 132 valence electrons. The number of nitrogens with zero attached hydrogens (tertiary/aromatic N) is 2. The monoisotopic (exact) mass is 344 g/mol. The van der Waals surface area contributed by atoms with Gasteiger partial charge < -0.3 is 14.4 Å². The highest BCUT2D eigenvalue weighted by molar-refractivity contribution is 5.95. The van der Waals surface area contributed by atoms with Gasteiger partial charge in [-0.1, -0.05) is 12.1 Å². The second kappa shape index (κ2) is 8.14. The van der Waals surface area contributed by atoms with Crippen LogP contribution in [0.5, 0.6) is 11.5 Å².